The molecule has 0 aromatic rings. The molecule has 4 fully saturated rings. The lowest BCUT2D eigenvalue weighted by Crippen LogP contribution is -2.54. The zero-order valence-corrected chi connectivity index (χ0v) is 15.7. The smallest absolute Gasteiger partial charge is 0.0576 e. The summed E-state index contributed by atoms with van der Waals surface area (Å²) in [6.07, 6.45) is 11.1. The third kappa shape index (κ3) is 2.22. The van der Waals surface area contributed by atoms with E-state index in [0.717, 1.165) is 42.2 Å². The second-order valence-corrected chi connectivity index (χ2v) is 10.0. The van der Waals surface area contributed by atoms with Crippen molar-refractivity contribution < 1.29 is 10.3 Å². The van der Waals surface area contributed by atoms with E-state index in [1.165, 1.54) is 44.9 Å². The number of aliphatic hydroxyl groups is 1. The average Bonchev–Trinajstić information content (AvgIpc) is 2.92. The molecule has 4 aliphatic carbocycles. The Balaban J connectivity index is 1.61. The van der Waals surface area contributed by atoms with Crippen molar-refractivity contribution in [2.75, 3.05) is 0 Å². The number of aliphatic hydroxyl groups excluding tert-OH is 1. The summed E-state index contributed by atoms with van der Waals surface area (Å²) in [5.41, 5.74) is 1.76. The standard InChI is InChI=1S/C21H35NO2/c1-13(22-24)17-6-7-18-16-5-4-14-12-15(23)8-10-20(14,2)19(16)9-11-21(17,18)3/h14-19,23-24H,4-12H2,1-3H3/b22-13+/t14-,15-,16-,17+,18-,19-,20-,21+/m0/s1. The first-order chi connectivity index (χ1) is 11.4. The molecule has 0 aromatic carbocycles. The Morgan fingerprint density at radius 1 is 0.917 bits per heavy atom. The highest BCUT2D eigenvalue weighted by atomic mass is 16.4. The molecular weight excluding hydrogens is 298 g/mol. The van der Waals surface area contributed by atoms with E-state index in [1.807, 2.05) is 6.92 Å². The van der Waals surface area contributed by atoms with Gasteiger partial charge in [-0.15, -0.1) is 0 Å². The Kier molecular flexibility index (Phi) is 4.02. The zero-order chi connectivity index (χ0) is 17.1. The molecule has 0 amide bonds. The van der Waals surface area contributed by atoms with Gasteiger partial charge in [0.15, 0.2) is 0 Å². The Morgan fingerprint density at radius 3 is 2.38 bits per heavy atom. The minimum Gasteiger partial charge on any atom is -0.411 e. The third-order valence-electron chi connectivity index (χ3n) is 9.30. The van der Waals surface area contributed by atoms with E-state index in [-0.39, 0.29) is 6.10 Å². The van der Waals surface area contributed by atoms with E-state index >= 15 is 0 Å². The molecule has 4 aliphatic rings. The zero-order valence-electron chi connectivity index (χ0n) is 15.7. The molecule has 0 spiro atoms. The summed E-state index contributed by atoms with van der Waals surface area (Å²) >= 11 is 0. The van der Waals surface area contributed by atoms with Gasteiger partial charge in [0.1, 0.15) is 0 Å². The molecule has 3 nitrogen and oxygen atoms in total. The Labute approximate surface area is 146 Å². The van der Waals surface area contributed by atoms with Gasteiger partial charge in [0.2, 0.25) is 0 Å². The molecule has 0 aliphatic heterocycles. The van der Waals surface area contributed by atoms with Gasteiger partial charge in [-0.2, -0.15) is 0 Å². The Morgan fingerprint density at radius 2 is 1.62 bits per heavy atom. The SMILES string of the molecule is C/C(=N\O)[C@H]1CC[C@H]2[C@@H]3CC[C@H]4C[C@@H](O)CC[C@]4(C)[C@H]3CC[C@]12C. The maximum Gasteiger partial charge on any atom is 0.0576 e. The van der Waals surface area contributed by atoms with E-state index in [0.29, 0.717) is 16.7 Å². The van der Waals surface area contributed by atoms with E-state index in [4.69, 9.17) is 0 Å². The van der Waals surface area contributed by atoms with Crippen molar-refractivity contribution in [2.45, 2.75) is 84.7 Å². The van der Waals surface area contributed by atoms with Crippen LogP contribution in [-0.2, 0) is 0 Å². The van der Waals surface area contributed by atoms with Crippen LogP contribution < -0.4 is 0 Å². The van der Waals surface area contributed by atoms with Crippen molar-refractivity contribution in [3.63, 3.8) is 0 Å². The fourth-order valence-corrected chi connectivity index (χ4v) is 7.99. The molecule has 0 radical (unpaired) electrons. The number of hydrogen-bond acceptors (Lipinski definition) is 3. The first-order valence-corrected chi connectivity index (χ1v) is 10.3. The number of fused-ring (bicyclic) bond motifs is 5. The quantitative estimate of drug-likeness (QED) is 0.409. The lowest BCUT2D eigenvalue weighted by molar-refractivity contribution is -0.123. The summed E-state index contributed by atoms with van der Waals surface area (Å²) in [5.74, 6) is 3.74. The maximum atomic E-state index is 10.1. The molecule has 136 valence electrons. The summed E-state index contributed by atoms with van der Waals surface area (Å²) in [7, 11) is 0. The average molecular weight is 334 g/mol. The van der Waals surface area contributed by atoms with Crippen LogP contribution in [0.2, 0.25) is 0 Å². The molecule has 0 aromatic heterocycles. The van der Waals surface area contributed by atoms with Gasteiger partial charge in [0.05, 0.1) is 11.8 Å². The molecule has 0 bridgehead atoms. The highest BCUT2D eigenvalue weighted by Gasteiger charge is 2.60. The molecule has 24 heavy (non-hydrogen) atoms. The topological polar surface area (TPSA) is 52.8 Å². The van der Waals surface area contributed by atoms with Gasteiger partial charge in [0.25, 0.3) is 0 Å². The monoisotopic (exact) mass is 333 g/mol. The molecule has 0 saturated heterocycles. The minimum absolute atomic E-state index is 0.0484. The number of oxime groups is 1. The Bertz CT molecular complexity index is 532. The fraction of sp³-hybridized carbons (Fsp3) is 0.952. The van der Waals surface area contributed by atoms with Crippen molar-refractivity contribution >= 4 is 5.71 Å². The van der Waals surface area contributed by atoms with Gasteiger partial charge in [-0.05, 0) is 99.2 Å². The van der Waals surface area contributed by atoms with Crippen LogP contribution in [0.15, 0.2) is 5.16 Å². The number of hydrogen-bond donors (Lipinski definition) is 2. The van der Waals surface area contributed by atoms with Gasteiger partial charge in [-0.3, -0.25) is 0 Å². The van der Waals surface area contributed by atoms with E-state index in [1.54, 1.807) is 0 Å². The van der Waals surface area contributed by atoms with Crippen LogP contribution >= 0.6 is 0 Å². The molecule has 4 rings (SSSR count). The van der Waals surface area contributed by atoms with Crippen LogP contribution in [0.1, 0.15) is 78.6 Å². The first-order valence-electron chi connectivity index (χ1n) is 10.3. The van der Waals surface area contributed by atoms with Crippen LogP contribution in [-0.4, -0.2) is 22.1 Å². The number of rotatable bonds is 1. The van der Waals surface area contributed by atoms with Crippen molar-refractivity contribution in [1.82, 2.24) is 0 Å². The number of nitrogens with zero attached hydrogens (tertiary/aromatic N) is 1. The molecule has 3 heteroatoms. The van der Waals surface area contributed by atoms with Gasteiger partial charge in [-0.1, -0.05) is 19.0 Å². The summed E-state index contributed by atoms with van der Waals surface area (Å²) < 4.78 is 0. The molecule has 0 unspecified atom stereocenters. The fourth-order valence-electron chi connectivity index (χ4n) is 7.99. The molecule has 0 heterocycles. The molecule has 4 saturated carbocycles. The minimum atomic E-state index is -0.0484. The van der Waals surface area contributed by atoms with Gasteiger partial charge in [0, 0.05) is 5.92 Å². The van der Waals surface area contributed by atoms with Crippen LogP contribution in [0.5, 0.6) is 0 Å². The highest BCUT2D eigenvalue weighted by molar-refractivity contribution is 5.84. The van der Waals surface area contributed by atoms with Crippen LogP contribution in [0.25, 0.3) is 0 Å². The normalized spacial score (nSPS) is 54.8. The van der Waals surface area contributed by atoms with E-state index < -0.39 is 0 Å². The van der Waals surface area contributed by atoms with Crippen LogP contribution in [0.4, 0.5) is 0 Å². The third-order valence-corrected chi connectivity index (χ3v) is 9.30. The van der Waals surface area contributed by atoms with Crippen molar-refractivity contribution in [1.29, 1.82) is 0 Å². The van der Waals surface area contributed by atoms with Crippen molar-refractivity contribution in [2.24, 2.45) is 45.6 Å². The second-order valence-electron chi connectivity index (χ2n) is 10.0. The highest BCUT2D eigenvalue weighted by Crippen LogP contribution is 2.67. The maximum absolute atomic E-state index is 10.1. The molecule has 2 N–H and O–H groups in total. The lowest BCUT2D eigenvalue weighted by Gasteiger charge is -2.61. The summed E-state index contributed by atoms with van der Waals surface area (Å²) in [5, 5.41) is 23.0. The summed E-state index contributed by atoms with van der Waals surface area (Å²) in [6.45, 7) is 7.06. The van der Waals surface area contributed by atoms with Crippen LogP contribution in [0, 0.1) is 40.4 Å². The summed E-state index contributed by atoms with van der Waals surface area (Å²) in [4.78, 5) is 0. The predicted octanol–water partition coefficient (Wildman–Crippen LogP) is 4.86. The molecular formula is C21H35NO2. The second kappa shape index (κ2) is 5.72. The lowest BCUT2D eigenvalue weighted by atomic mass is 9.44. The molecule has 8 atom stereocenters. The van der Waals surface area contributed by atoms with E-state index in [9.17, 15) is 10.3 Å². The van der Waals surface area contributed by atoms with E-state index in [2.05, 4.69) is 19.0 Å². The van der Waals surface area contributed by atoms with Crippen molar-refractivity contribution in [3.8, 4) is 0 Å². The van der Waals surface area contributed by atoms with Gasteiger partial charge < -0.3 is 10.3 Å². The Hall–Kier alpha value is -0.570. The van der Waals surface area contributed by atoms with Gasteiger partial charge >= 0.3 is 0 Å². The predicted molar refractivity (Wildman–Crippen MR) is 96.1 cm³/mol. The largest absolute Gasteiger partial charge is 0.411 e. The summed E-state index contributed by atoms with van der Waals surface area (Å²) in [6, 6.07) is 0. The van der Waals surface area contributed by atoms with Crippen LogP contribution in [0.3, 0.4) is 0 Å². The first kappa shape index (κ1) is 16.9. The van der Waals surface area contributed by atoms with Crippen molar-refractivity contribution in [3.05, 3.63) is 0 Å². The van der Waals surface area contributed by atoms with Gasteiger partial charge in [-0.25, -0.2) is 0 Å².